The van der Waals surface area contributed by atoms with Crippen molar-refractivity contribution in [3.8, 4) is 6.07 Å². The van der Waals surface area contributed by atoms with Crippen molar-refractivity contribution in [1.29, 1.82) is 5.26 Å². The molecule has 2 heterocycles. The van der Waals surface area contributed by atoms with E-state index in [1.807, 2.05) is 6.07 Å². The first-order valence-corrected chi connectivity index (χ1v) is 7.81. The fraction of sp³-hybridized carbons (Fsp3) is 0.500. The monoisotopic (exact) mass is 332 g/mol. The predicted molar refractivity (Wildman–Crippen MR) is 84.5 cm³/mol. The maximum absolute atomic E-state index is 12.4. The number of aromatic nitrogens is 1. The second kappa shape index (κ2) is 8.15. The summed E-state index contributed by atoms with van der Waals surface area (Å²) in [6.45, 7) is 4.71. The van der Waals surface area contributed by atoms with Crippen molar-refractivity contribution >= 4 is 17.7 Å². The molecule has 0 aromatic carbocycles. The summed E-state index contributed by atoms with van der Waals surface area (Å²) < 4.78 is 9.90. The number of likely N-dealkylation sites (tertiary alicyclic amines) is 1. The fourth-order valence-electron chi connectivity index (χ4n) is 2.47. The van der Waals surface area contributed by atoms with Crippen LogP contribution in [-0.2, 0) is 14.3 Å². The number of ether oxygens (including phenoxy) is 1. The summed E-state index contributed by atoms with van der Waals surface area (Å²) in [5.41, 5.74) is -0.0229. The van der Waals surface area contributed by atoms with Crippen LogP contribution in [0.3, 0.4) is 0 Å². The third-order valence-corrected chi connectivity index (χ3v) is 3.75. The molecule has 0 unspecified atom stereocenters. The Labute approximate surface area is 140 Å². The summed E-state index contributed by atoms with van der Waals surface area (Å²) in [5.74, 6) is 0.279. The maximum Gasteiger partial charge on any atom is 0.309 e. The van der Waals surface area contributed by atoms with E-state index in [4.69, 9.17) is 9.26 Å². The van der Waals surface area contributed by atoms with Crippen LogP contribution in [0.25, 0.3) is 0 Å². The molecule has 1 amide bonds. The Kier molecular flexibility index (Phi) is 5.95. The van der Waals surface area contributed by atoms with Crippen LogP contribution in [0.5, 0.6) is 0 Å². The number of aryl methyl sites for hydroxylation is 1. The molecule has 8 heteroatoms. The van der Waals surface area contributed by atoms with Crippen molar-refractivity contribution in [1.82, 2.24) is 10.1 Å². The van der Waals surface area contributed by atoms with Crippen LogP contribution in [0.15, 0.2) is 22.4 Å². The largest absolute Gasteiger partial charge is 0.466 e. The lowest BCUT2D eigenvalue weighted by molar-refractivity contribution is -0.150. The summed E-state index contributed by atoms with van der Waals surface area (Å²) in [7, 11) is 0. The molecule has 0 aliphatic carbocycles. The van der Waals surface area contributed by atoms with Gasteiger partial charge in [0.25, 0.3) is 5.91 Å². The minimum absolute atomic E-state index is 0.0229. The fourth-order valence-corrected chi connectivity index (χ4v) is 2.47. The molecular formula is C16H20N4O4. The van der Waals surface area contributed by atoms with Crippen molar-refractivity contribution < 1.29 is 18.8 Å². The number of carbonyl (C=O) groups excluding carboxylic acids is 2. The second-order valence-corrected chi connectivity index (χ2v) is 5.46. The SMILES string of the molecule is CCOC(=O)C1CCN(C(=O)/C(C#N)=C\Nc2cc(C)on2)CC1. The highest BCUT2D eigenvalue weighted by atomic mass is 16.5. The number of hydrogen-bond donors (Lipinski definition) is 1. The van der Waals surface area contributed by atoms with Crippen molar-refractivity contribution in [2.45, 2.75) is 26.7 Å². The van der Waals surface area contributed by atoms with Gasteiger partial charge in [0.2, 0.25) is 0 Å². The second-order valence-electron chi connectivity index (χ2n) is 5.46. The first-order valence-electron chi connectivity index (χ1n) is 7.81. The number of amides is 1. The molecule has 1 aromatic rings. The molecule has 24 heavy (non-hydrogen) atoms. The van der Waals surface area contributed by atoms with Crippen molar-refractivity contribution in [2.24, 2.45) is 5.92 Å². The minimum atomic E-state index is -0.368. The molecule has 8 nitrogen and oxygen atoms in total. The van der Waals surface area contributed by atoms with E-state index >= 15 is 0 Å². The van der Waals surface area contributed by atoms with Crippen molar-refractivity contribution in [3.63, 3.8) is 0 Å². The van der Waals surface area contributed by atoms with Gasteiger partial charge in [-0.3, -0.25) is 9.59 Å². The Morgan fingerprint density at radius 3 is 2.79 bits per heavy atom. The summed E-state index contributed by atoms with van der Waals surface area (Å²) in [6, 6.07) is 3.54. The third kappa shape index (κ3) is 4.35. The Morgan fingerprint density at radius 1 is 1.54 bits per heavy atom. The molecule has 2 rings (SSSR count). The number of nitrogens with zero attached hydrogens (tertiary/aromatic N) is 3. The van der Waals surface area contributed by atoms with Gasteiger partial charge in [0.15, 0.2) is 5.82 Å². The van der Waals surface area contributed by atoms with E-state index in [0.29, 0.717) is 44.1 Å². The highest BCUT2D eigenvalue weighted by Gasteiger charge is 2.29. The molecule has 1 N–H and O–H groups in total. The lowest BCUT2D eigenvalue weighted by Crippen LogP contribution is -2.41. The normalized spacial score (nSPS) is 15.7. The zero-order chi connectivity index (χ0) is 17.5. The molecule has 0 spiro atoms. The van der Waals surface area contributed by atoms with E-state index < -0.39 is 0 Å². The van der Waals surface area contributed by atoms with Gasteiger partial charge in [0.05, 0.1) is 12.5 Å². The number of rotatable bonds is 5. The van der Waals surface area contributed by atoms with Gasteiger partial charge in [-0.05, 0) is 26.7 Å². The number of piperidine rings is 1. The number of hydrogen-bond acceptors (Lipinski definition) is 7. The van der Waals surface area contributed by atoms with Crippen LogP contribution < -0.4 is 5.32 Å². The van der Waals surface area contributed by atoms with E-state index in [1.54, 1.807) is 24.8 Å². The first-order chi connectivity index (χ1) is 11.5. The van der Waals surface area contributed by atoms with E-state index in [2.05, 4.69) is 10.5 Å². The highest BCUT2D eigenvalue weighted by molar-refractivity contribution is 5.97. The molecule has 128 valence electrons. The Hall–Kier alpha value is -2.82. The quantitative estimate of drug-likeness (QED) is 0.495. The van der Waals surface area contributed by atoms with Gasteiger partial charge in [0, 0.05) is 25.4 Å². The van der Waals surface area contributed by atoms with Crippen LogP contribution in [-0.4, -0.2) is 41.6 Å². The van der Waals surface area contributed by atoms with E-state index in [0.717, 1.165) is 0 Å². The Balaban J connectivity index is 1.92. The van der Waals surface area contributed by atoms with Crippen molar-refractivity contribution in [3.05, 3.63) is 23.6 Å². The van der Waals surface area contributed by atoms with E-state index in [1.165, 1.54) is 6.20 Å². The van der Waals surface area contributed by atoms with Crippen LogP contribution >= 0.6 is 0 Å². The summed E-state index contributed by atoms with van der Waals surface area (Å²) in [4.78, 5) is 25.7. The minimum Gasteiger partial charge on any atom is -0.466 e. The molecule has 0 atom stereocenters. The molecule has 1 saturated heterocycles. The van der Waals surface area contributed by atoms with Gasteiger partial charge in [-0.15, -0.1) is 0 Å². The number of nitriles is 1. The third-order valence-electron chi connectivity index (χ3n) is 3.75. The summed E-state index contributed by atoms with van der Waals surface area (Å²) in [6.07, 6.45) is 2.40. The smallest absolute Gasteiger partial charge is 0.309 e. The molecule has 1 aromatic heterocycles. The number of esters is 1. The average Bonchev–Trinajstić information content (AvgIpc) is 3.01. The summed E-state index contributed by atoms with van der Waals surface area (Å²) >= 11 is 0. The first kappa shape index (κ1) is 17.5. The Bertz CT molecular complexity index is 666. The van der Waals surface area contributed by atoms with Crippen LogP contribution in [0.1, 0.15) is 25.5 Å². The van der Waals surface area contributed by atoms with Gasteiger partial charge < -0.3 is 19.5 Å². The molecule has 1 aliphatic rings. The highest BCUT2D eigenvalue weighted by Crippen LogP contribution is 2.20. The van der Waals surface area contributed by atoms with Gasteiger partial charge in [-0.25, -0.2) is 0 Å². The molecule has 0 radical (unpaired) electrons. The average molecular weight is 332 g/mol. The van der Waals surface area contributed by atoms with Gasteiger partial charge in [-0.1, -0.05) is 5.16 Å². The molecule has 1 aliphatic heterocycles. The molecule has 1 fully saturated rings. The predicted octanol–water partition coefficient (Wildman–Crippen LogP) is 1.60. The summed E-state index contributed by atoms with van der Waals surface area (Å²) in [5, 5.41) is 15.7. The number of anilines is 1. The van der Waals surface area contributed by atoms with E-state index in [9.17, 15) is 14.9 Å². The van der Waals surface area contributed by atoms with Crippen LogP contribution in [0.2, 0.25) is 0 Å². The zero-order valence-corrected chi connectivity index (χ0v) is 13.7. The van der Waals surface area contributed by atoms with Gasteiger partial charge in [0.1, 0.15) is 17.4 Å². The maximum atomic E-state index is 12.4. The van der Waals surface area contributed by atoms with Crippen molar-refractivity contribution in [2.75, 3.05) is 25.0 Å². The van der Waals surface area contributed by atoms with Crippen LogP contribution in [0.4, 0.5) is 5.82 Å². The molecular weight excluding hydrogens is 312 g/mol. The zero-order valence-electron chi connectivity index (χ0n) is 13.7. The lowest BCUT2D eigenvalue weighted by atomic mass is 9.96. The lowest BCUT2D eigenvalue weighted by Gasteiger charge is -2.30. The van der Waals surface area contributed by atoms with Crippen LogP contribution in [0, 0.1) is 24.2 Å². The molecule has 0 bridgehead atoms. The molecule has 0 saturated carbocycles. The number of carbonyl (C=O) groups is 2. The van der Waals surface area contributed by atoms with Gasteiger partial charge >= 0.3 is 5.97 Å². The number of nitrogens with one attached hydrogen (secondary N) is 1. The topological polar surface area (TPSA) is 108 Å². The van der Waals surface area contributed by atoms with Gasteiger partial charge in [-0.2, -0.15) is 5.26 Å². The van der Waals surface area contributed by atoms with E-state index in [-0.39, 0.29) is 23.4 Å². The Morgan fingerprint density at radius 2 is 2.25 bits per heavy atom. The standard InChI is InChI=1S/C16H20N4O4/c1-3-23-16(22)12-4-6-20(7-5-12)15(21)13(9-17)10-18-14-8-11(2)24-19-14/h8,10,12H,3-7H2,1-2H3,(H,18,19)/b13-10-.